The molecule has 0 spiro atoms. The third-order valence-electron chi connectivity index (χ3n) is 6.13. The zero-order chi connectivity index (χ0) is 23.3. The summed E-state index contributed by atoms with van der Waals surface area (Å²) >= 11 is 0. The average molecular weight is 459 g/mol. The van der Waals surface area contributed by atoms with E-state index in [-0.39, 0.29) is 5.91 Å². The molecule has 1 amide bonds. The van der Waals surface area contributed by atoms with E-state index in [2.05, 4.69) is 26.2 Å². The minimum atomic E-state index is -4.31. The van der Waals surface area contributed by atoms with Crippen molar-refractivity contribution >= 4 is 16.8 Å². The highest BCUT2D eigenvalue weighted by molar-refractivity contribution is 5.83. The molecule has 8 heteroatoms. The predicted octanol–water partition coefficient (Wildman–Crippen LogP) is 4.05. The van der Waals surface area contributed by atoms with Crippen molar-refractivity contribution in [3.05, 3.63) is 71.4 Å². The van der Waals surface area contributed by atoms with Crippen LogP contribution in [0.15, 0.2) is 54.7 Å². The summed E-state index contributed by atoms with van der Waals surface area (Å²) in [7, 11) is 0. The second-order valence-electron chi connectivity index (χ2n) is 8.56. The number of aromatic amines is 1. The van der Waals surface area contributed by atoms with E-state index in [0.717, 1.165) is 62.2 Å². The predicted molar refractivity (Wildman–Crippen MR) is 123 cm³/mol. The molecule has 2 heterocycles. The van der Waals surface area contributed by atoms with Gasteiger partial charge in [0.2, 0.25) is 5.91 Å². The number of alkyl halides is 3. The minimum absolute atomic E-state index is 0.0195. The first-order valence-electron chi connectivity index (χ1n) is 11.3. The molecule has 3 aromatic rings. The largest absolute Gasteiger partial charge is 0.416 e. The second kappa shape index (κ2) is 10.4. The molecule has 0 bridgehead atoms. The number of aromatic nitrogens is 1. The summed E-state index contributed by atoms with van der Waals surface area (Å²) < 4.78 is 38.2. The molecule has 1 aliphatic rings. The van der Waals surface area contributed by atoms with Crippen molar-refractivity contribution in [3.8, 4) is 0 Å². The van der Waals surface area contributed by atoms with Crippen LogP contribution < -0.4 is 5.32 Å². The van der Waals surface area contributed by atoms with Crippen LogP contribution in [0, 0.1) is 0 Å². The molecule has 0 unspecified atom stereocenters. The lowest BCUT2D eigenvalue weighted by molar-refractivity contribution is -0.137. The molecule has 1 fully saturated rings. The number of benzene rings is 2. The Labute approximate surface area is 191 Å². The maximum Gasteiger partial charge on any atom is 0.416 e. The number of carbonyl (C=O) groups is 1. The summed E-state index contributed by atoms with van der Waals surface area (Å²) in [5.74, 6) is 0.0195. The fourth-order valence-electron chi connectivity index (χ4n) is 4.33. The molecule has 5 nitrogen and oxygen atoms in total. The maximum absolute atomic E-state index is 12.7. The van der Waals surface area contributed by atoms with E-state index in [4.69, 9.17) is 0 Å². The highest BCUT2D eigenvalue weighted by atomic mass is 19.4. The van der Waals surface area contributed by atoms with Crippen LogP contribution in [0.2, 0.25) is 0 Å². The molecular formula is C25H29F3N4O. The third-order valence-corrected chi connectivity index (χ3v) is 6.13. The SMILES string of the molecule is O=C(CN1CCCN(Cc2ccc(C(F)(F)F)cc2)CC1)NCCc1c[nH]c2ccccc12. The summed E-state index contributed by atoms with van der Waals surface area (Å²) in [6, 6.07) is 13.5. The number of fused-ring (bicyclic) bond motifs is 1. The topological polar surface area (TPSA) is 51.4 Å². The lowest BCUT2D eigenvalue weighted by Crippen LogP contribution is -2.39. The Balaban J connectivity index is 1.20. The van der Waals surface area contributed by atoms with Crippen LogP contribution in [0.5, 0.6) is 0 Å². The zero-order valence-electron chi connectivity index (χ0n) is 18.5. The Bertz CT molecular complexity index is 1060. The number of hydrogen-bond acceptors (Lipinski definition) is 3. The van der Waals surface area contributed by atoms with Gasteiger partial charge in [-0.15, -0.1) is 0 Å². The van der Waals surface area contributed by atoms with Crippen molar-refractivity contribution < 1.29 is 18.0 Å². The van der Waals surface area contributed by atoms with Gasteiger partial charge in [0.25, 0.3) is 0 Å². The highest BCUT2D eigenvalue weighted by Crippen LogP contribution is 2.29. The summed E-state index contributed by atoms with van der Waals surface area (Å²) in [4.78, 5) is 20.1. The maximum atomic E-state index is 12.7. The Hall–Kier alpha value is -2.84. The van der Waals surface area contributed by atoms with Gasteiger partial charge in [-0.3, -0.25) is 14.6 Å². The molecule has 2 aromatic carbocycles. The first-order valence-corrected chi connectivity index (χ1v) is 11.3. The van der Waals surface area contributed by atoms with Gasteiger partial charge in [0, 0.05) is 43.3 Å². The molecule has 0 atom stereocenters. The molecule has 33 heavy (non-hydrogen) atoms. The molecule has 4 rings (SSSR count). The van der Waals surface area contributed by atoms with Crippen molar-refractivity contribution in [1.82, 2.24) is 20.1 Å². The molecule has 1 aromatic heterocycles. The normalized spacial score (nSPS) is 16.1. The lowest BCUT2D eigenvalue weighted by Gasteiger charge is -2.21. The third kappa shape index (κ3) is 6.36. The molecule has 0 saturated carbocycles. The Morgan fingerprint density at radius 1 is 0.970 bits per heavy atom. The van der Waals surface area contributed by atoms with Gasteiger partial charge in [0.15, 0.2) is 0 Å². The quantitative estimate of drug-likeness (QED) is 0.562. The number of halogens is 3. The van der Waals surface area contributed by atoms with Gasteiger partial charge in [-0.2, -0.15) is 13.2 Å². The van der Waals surface area contributed by atoms with E-state index in [1.807, 2.05) is 24.4 Å². The van der Waals surface area contributed by atoms with Crippen LogP contribution >= 0.6 is 0 Å². The van der Waals surface area contributed by atoms with Crippen molar-refractivity contribution in [3.63, 3.8) is 0 Å². The second-order valence-corrected chi connectivity index (χ2v) is 8.56. The number of para-hydroxylation sites is 1. The Morgan fingerprint density at radius 3 is 2.48 bits per heavy atom. The van der Waals surface area contributed by atoms with Crippen LogP contribution in [0.25, 0.3) is 10.9 Å². The number of rotatable bonds is 7. The zero-order valence-corrected chi connectivity index (χ0v) is 18.5. The van der Waals surface area contributed by atoms with Crippen molar-refractivity contribution in [2.75, 3.05) is 39.3 Å². The first kappa shape index (κ1) is 23.3. The lowest BCUT2D eigenvalue weighted by atomic mass is 10.1. The van der Waals surface area contributed by atoms with Crippen LogP contribution in [-0.4, -0.2) is 60.0 Å². The summed E-state index contributed by atoms with van der Waals surface area (Å²) in [6.45, 7) is 4.80. The Kier molecular flexibility index (Phi) is 7.35. The molecular weight excluding hydrogens is 429 g/mol. The van der Waals surface area contributed by atoms with E-state index >= 15 is 0 Å². The van der Waals surface area contributed by atoms with Gasteiger partial charge >= 0.3 is 6.18 Å². The van der Waals surface area contributed by atoms with Crippen LogP contribution in [0.1, 0.15) is 23.1 Å². The van der Waals surface area contributed by atoms with Crippen LogP contribution in [-0.2, 0) is 23.9 Å². The van der Waals surface area contributed by atoms with E-state index in [1.165, 1.54) is 10.9 Å². The number of hydrogen-bond donors (Lipinski definition) is 2. The van der Waals surface area contributed by atoms with Crippen molar-refractivity contribution in [2.45, 2.75) is 25.6 Å². The highest BCUT2D eigenvalue weighted by Gasteiger charge is 2.30. The average Bonchev–Trinajstić information content (AvgIpc) is 3.07. The first-order chi connectivity index (χ1) is 15.9. The number of nitrogens with zero attached hydrogens (tertiary/aromatic N) is 2. The smallest absolute Gasteiger partial charge is 0.361 e. The van der Waals surface area contributed by atoms with Gasteiger partial charge in [-0.05, 0) is 55.3 Å². The van der Waals surface area contributed by atoms with Crippen LogP contribution in [0.3, 0.4) is 0 Å². The van der Waals surface area contributed by atoms with Crippen LogP contribution in [0.4, 0.5) is 13.2 Å². The van der Waals surface area contributed by atoms with E-state index in [9.17, 15) is 18.0 Å². The molecule has 0 radical (unpaired) electrons. The monoisotopic (exact) mass is 458 g/mol. The van der Waals surface area contributed by atoms with Crippen molar-refractivity contribution in [1.29, 1.82) is 0 Å². The van der Waals surface area contributed by atoms with Gasteiger partial charge in [-0.25, -0.2) is 0 Å². The molecule has 1 saturated heterocycles. The number of nitrogens with one attached hydrogen (secondary N) is 2. The molecule has 0 aliphatic carbocycles. The van der Waals surface area contributed by atoms with E-state index in [1.54, 1.807) is 12.1 Å². The number of H-pyrrole nitrogens is 1. The van der Waals surface area contributed by atoms with Gasteiger partial charge in [0.05, 0.1) is 12.1 Å². The molecule has 2 N–H and O–H groups in total. The molecule has 176 valence electrons. The standard InChI is InChI=1S/C25H29F3N4O/c26-25(27,28)21-8-6-19(7-9-21)17-31-12-3-13-32(15-14-31)18-24(33)29-11-10-20-16-30-23-5-2-1-4-22(20)23/h1-2,4-9,16,30H,3,10-15,17-18H2,(H,29,33). The number of amides is 1. The van der Waals surface area contributed by atoms with E-state index in [0.29, 0.717) is 19.6 Å². The summed E-state index contributed by atoms with van der Waals surface area (Å²) in [5.41, 5.74) is 2.54. The molecule has 1 aliphatic heterocycles. The number of carbonyl (C=O) groups excluding carboxylic acids is 1. The summed E-state index contributed by atoms with van der Waals surface area (Å²) in [5, 5.41) is 4.21. The fraction of sp³-hybridized carbons (Fsp3) is 0.400. The van der Waals surface area contributed by atoms with Gasteiger partial charge in [0.1, 0.15) is 0 Å². The van der Waals surface area contributed by atoms with Gasteiger partial charge < -0.3 is 10.3 Å². The van der Waals surface area contributed by atoms with E-state index < -0.39 is 11.7 Å². The minimum Gasteiger partial charge on any atom is -0.361 e. The van der Waals surface area contributed by atoms with Gasteiger partial charge in [-0.1, -0.05) is 30.3 Å². The Morgan fingerprint density at radius 2 is 1.70 bits per heavy atom. The summed E-state index contributed by atoms with van der Waals surface area (Å²) in [6.07, 6.45) is -0.617. The van der Waals surface area contributed by atoms with Crippen molar-refractivity contribution in [2.24, 2.45) is 0 Å². The fourth-order valence-corrected chi connectivity index (χ4v) is 4.33.